The standard InChI is InChI=1S/C21H27N3O2/c1-16(2)23-12-6-14-26-19-10-3-7-17-9-5-13-24(20(17)19)21(25)18-8-4-11-22-15-18/h3-4,7-8,10-11,15-16,23H,5-6,9,12-14H2,1-2H3. The third-order valence-corrected chi connectivity index (χ3v) is 4.47. The molecule has 1 amide bonds. The average molecular weight is 353 g/mol. The van der Waals surface area contributed by atoms with Crippen molar-refractivity contribution in [2.45, 2.75) is 39.2 Å². The van der Waals surface area contributed by atoms with E-state index in [4.69, 9.17) is 4.74 Å². The van der Waals surface area contributed by atoms with Gasteiger partial charge < -0.3 is 15.0 Å². The predicted molar refractivity (Wildman–Crippen MR) is 104 cm³/mol. The third-order valence-electron chi connectivity index (χ3n) is 4.47. The Kier molecular flexibility index (Phi) is 6.23. The molecule has 0 aliphatic carbocycles. The van der Waals surface area contributed by atoms with Crippen molar-refractivity contribution in [3.05, 3.63) is 53.9 Å². The van der Waals surface area contributed by atoms with Crippen LogP contribution in [-0.4, -0.2) is 36.6 Å². The summed E-state index contributed by atoms with van der Waals surface area (Å²) in [6.45, 7) is 6.53. The fourth-order valence-corrected chi connectivity index (χ4v) is 3.22. The number of ether oxygens (including phenoxy) is 1. The van der Waals surface area contributed by atoms with Gasteiger partial charge in [0.2, 0.25) is 0 Å². The van der Waals surface area contributed by atoms with Crippen molar-refractivity contribution in [2.75, 3.05) is 24.6 Å². The molecule has 0 saturated heterocycles. The van der Waals surface area contributed by atoms with Crippen LogP contribution in [-0.2, 0) is 6.42 Å². The number of para-hydroxylation sites is 1. The van der Waals surface area contributed by atoms with Crippen LogP contribution < -0.4 is 15.0 Å². The second-order valence-corrected chi connectivity index (χ2v) is 6.88. The van der Waals surface area contributed by atoms with Crippen LogP contribution in [0.1, 0.15) is 42.6 Å². The molecular formula is C21H27N3O2. The number of rotatable bonds is 7. The zero-order chi connectivity index (χ0) is 18.4. The Morgan fingerprint density at radius 2 is 2.19 bits per heavy atom. The van der Waals surface area contributed by atoms with Gasteiger partial charge in [-0.15, -0.1) is 0 Å². The van der Waals surface area contributed by atoms with E-state index in [2.05, 4.69) is 30.2 Å². The summed E-state index contributed by atoms with van der Waals surface area (Å²) in [5.74, 6) is 0.778. The van der Waals surface area contributed by atoms with Gasteiger partial charge in [0, 0.05) is 25.0 Å². The minimum Gasteiger partial charge on any atom is -0.491 e. The number of benzene rings is 1. The molecule has 5 heteroatoms. The van der Waals surface area contributed by atoms with E-state index < -0.39 is 0 Å². The summed E-state index contributed by atoms with van der Waals surface area (Å²) >= 11 is 0. The van der Waals surface area contributed by atoms with E-state index in [1.807, 2.05) is 23.1 Å². The highest BCUT2D eigenvalue weighted by atomic mass is 16.5. The number of amides is 1. The van der Waals surface area contributed by atoms with Gasteiger partial charge in [-0.2, -0.15) is 0 Å². The molecule has 0 atom stereocenters. The second kappa shape index (κ2) is 8.81. The van der Waals surface area contributed by atoms with Crippen LogP contribution in [0.3, 0.4) is 0 Å². The Hall–Kier alpha value is -2.40. The average Bonchev–Trinajstić information content (AvgIpc) is 2.67. The molecule has 1 aromatic carbocycles. The lowest BCUT2D eigenvalue weighted by Gasteiger charge is -2.31. The molecule has 0 saturated carbocycles. The Labute approximate surface area is 155 Å². The Morgan fingerprint density at radius 3 is 2.96 bits per heavy atom. The largest absolute Gasteiger partial charge is 0.491 e. The van der Waals surface area contributed by atoms with Crippen molar-refractivity contribution in [2.24, 2.45) is 0 Å². The molecular weight excluding hydrogens is 326 g/mol. The Bertz CT molecular complexity index is 731. The molecule has 0 unspecified atom stereocenters. The van der Waals surface area contributed by atoms with E-state index in [1.54, 1.807) is 18.5 Å². The normalized spacial score (nSPS) is 13.6. The molecule has 0 spiro atoms. The fourth-order valence-electron chi connectivity index (χ4n) is 3.22. The highest BCUT2D eigenvalue weighted by Crippen LogP contribution is 2.37. The number of hydrogen-bond donors (Lipinski definition) is 1. The smallest absolute Gasteiger partial charge is 0.259 e. The molecule has 138 valence electrons. The van der Waals surface area contributed by atoms with Crippen LogP contribution in [0.5, 0.6) is 5.75 Å². The number of aromatic nitrogens is 1. The van der Waals surface area contributed by atoms with E-state index in [9.17, 15) is 4.79 Å². The van der Waals surface area contributed by atoms with Gasteiger partial charge in [-0.05, 0) is 49.6 Å². The van der Waals surface area contributed by atoms with Gasteiger partial charge in [0.25, 0.3) is 5.91 Å². The molecule has 1 aromatic heterocycles. The van der Waals surface area contributed by atoms with Crippen LogP contribution in [0.2, 0.25) is 0 Å². The number of aryl methyl sites for hydroxylation is 1. The van der Waals surface area contributed by atoms with Crippen LogP contribution in [0.15, 0.2) is 42.7 Å². The monoisotopic (exact) mass is 353 g/mol. The first-order valence-electron chi connectivity index (χ1n) is 9.37. The molecule has 0 fully saturated rings. The van der Waals surface area contributed by atoms with Gasteiger partial charge in [-0.3, -0.25) is 9.78 Å². The molecule has 3 rings (SSSR count). The fraction of sp³-hybridized carbons (Fsp3) is 0.429. The maximum absolute atomic E-state index is 13.0. The number of nitrogens with one attached hydrogen (secondary N) is 1. The van der Waals surface area contributed by atoms with E-state index >= 15 is 0 Å². The zero-order valence-corrected chi connectivity index (χ0v) is 15.6. The lowest BCUT2D eigenvalue weighted by atomic mass is 10.00. The van der Waals surface area contributed by atoms with Gasteiger partial charge in [-0.25, -0.2) is 0 Å². The first-order valence-corrected chi connectivity index (χ1v) is 9.37. The number of carbonyl (C=O) groups excluding carboxylic acids is 1. The summed E-state index contributed by atoms with van der Waals surface area (Å²) in [6.07, 6.45) is 6.16. The maximum Gasteiger partial charge on any atom is 0.259 e. The zero-order valence-electron chi connectivity index (χ0n) is 15.6. The highest BCUT2D eigenvalue weighted by Gasteiger charge is 2.27. The first-order chi connectivity index (χ1) is 12.7. The van der Waals surface area contributed by atoms with Crippen molar-refractivity contribution in [1.82, 2.24) is 10.3 Å². The minimum absolute atomic E-state index is 0.0171. The van der Waals surface area contributed by atoms with Crippen molar-refractivity contribution in [3.63, 3.8) is 0 Å². The van der Waals surface area contributed by atoms with Crippen LogP contribution >= 0.6 is 0 Å². The lowest BCUT2D eigenvalue weighted by molar-refractivity contribution is 0.0983. The van der Waals surface area contributed by atoms with Crippen molar-refractivity contribution in [3.8, 4) is 5.75 Å². The lowest BCUT2D eigenvalue weighted by Crippen LogP contribution is -2.36. The van der Waals surface area contributed by atoms with Crippen molar-refractivity contribution >= 4 is 11.6 Å². The summed E-state index contributed by atoms with van der Waals surface area (Å²) in [4.78, 5) is 18.9. The summed E-state index contributed by atoms with van der Waals surface area (Å²) in [7, 11) is 0. The highest BCUT2D eigenvalue weighted by molar-refractivity contribution is 6.07. The van der Waals surface area contributed by atoms with E-state index in [0.29, 0.717) is 24.8 Å². The first kappa shape index (κ1) is 18.4. The molecule has 2 aromatic rings. The second-order valence-electron chi connectivity index (χ2n) is 6.88. The van der Waals surface area contributed by atoms with Crippen LogP contribution in [0.25, 0.3) is 0 Å². The summed E-state index contributed by atoms with van der Waals surface area (Å²) in [5, 5.41) is 3.39. The van der Waals surface area contributed by atoms with Gasteiger partial charge >= 0.3 is 0 Å². The predicted octanol–water partition coefficient (Wildman–Crippen LogP) is 3.44. The van der Waals surface area contributed by atoms with Gasteiger partial charge in [-0.1, -0.05) is 26.0 Å². The number of nitrogens with zero attached hydrogens (tertiary/aromatic N) is 2. The maximum atomic E-state index is 13.0. The van der Waals surface area contributed by atoms with E-state index in [1.165, 1.54) is 5.56 Å². The van der Waals surface area contributed by atoms with E-state index in [-0.39, 0.29) is 5.91 Å². The molecule has 2 heterocycles. The van der Waals surface area contributed by atoms with Gasteiger partial charge in [0.1, 0.15) is 5.75 Å². The van der Waals surface area contributed by atoms with Gasteiger partial charge in [0.05, 0.1) is 17.9 Å². The molecule has 1 aliphatic rings. The molecule has 26 heavy (non-hydrogen) atoms. The van der Waals surface area contributed by atoms with Crippen LogP contribution in [0, 0.1) is 0 Å². The number of hydrogen-bond acceptors (Lipinski definition) is 4. The SMILES string of the molecule is CC(C)NCCCOc1cccc2c1N(C(=O)c1cccnc1)CCC2. The minimum atomic E-state index is -0.0171. The van der Waals surface area contributed by atoms with Crippen LogP contribution in [0.4, 0.5) is 5.69 Å². The van der Waals surface area contributed by atoms with E-state index in [0.717, 1.165) is 37.2 Å². The quantitative estimate of drug-likeness (QED) is 0.775. The Balaban J connectivity index is 1.76. The number of anilines is 1. The molecule has 1 N–H and O–H groups in total. The summed E-state index contributed by atoms with van der Waals surface area (Å²) < 4.78 is 6.05. The number of carbonyl (C=O) groups is 1. The topological polar surface area (TPSA) is 54.5 Å². The third kappa shape index (κ3) is 4.41. The number of fused-ring (bicyclic) bond motifs is 1. The molecule has 0 bridgehead atoms. The summed E-state index contributed by atoms with van der Waals surface area (Å²) in [6, 6.07) is 10.1. The van der Waals surface area contributed by atoms with Crippen molar-refractivity contribution < 1.29 is 9.53 Å². The summed E-state index contributed by atoms with van der Waals surface area (Å²) in [5.41, 5.74) is 2.70. The number of pyridine rings is 1. The molecule has 0 radical (unpaired) electrons. The molecule has 5 nitrogen and oxygen atoms in total. The van der Waals surface area contributed by atoms with Crippen molar-refractivity contribution in [1.29, 1.82) is 0 Å². The Morgan fingerprint density at radius 1 is 1.31 bits per heavy atom. The molecule has 1 aliphatic heterocycles. The van der Waals surface area contributed by atoms with Gasteiger partial charge in [0.15, 0.2) is 0 Å².